The zero-order valence-electron chi connectivity index (χ0n) is 20.2. The van der Waals surface area contributed by atoms with Crippen LogP contribution in [0.1, 0.15) is 25.0 Å². The Hall–Kier alpha value is -4.59. The zero-order chi connectivity index (χ0) is 25.7. The van der Waals surface area contributed by atoms with Gasteiger partial charge in [0.2, 0.25) is 0 Å². The predicted molar refractivity (Wildman–Crippen MR) is 135 cm³/mol. The number of ether oxygens (including phenoxy) is 3. The monoisotopic (exact) mass is 486 g/mol. The lowest BCUT2D eigenvalue weighted by Gasteiger charge is -2.26. The third-order valence-corrected chi connectivity index (χ3v) is 5.31. The molecule has 4 amide bonds. The van der Waals surface area contributed by atoms with Gasteiger partial charge in [0, 0.05) is 0 Å². The molecule has 0 atom stereocenters. The van der Waals surface area contributed by atoms with E-state index in [9.17, 15) is 14.4 Å². The molecule has 4 rings (SSSR count). The van der Waals surface area contributed by atoms with Gasteiger partial charge in [-0.3, -0.25) is 14.9 Å². The van der Waals surface area contributed by atoms with Crippen molar-refractivity contribution in [1.82, 2.24) is 5.32 Å². The standard InChI is InChI=1S/C28H26N2O6/c1-18(2)36-24-14-9-20(16-25(24)34-3)15-23-26(31)29-28(33)30(27(23)32)21-10-12-22(13-11-21)35-17-19-7-5-4-6-8-19/h4-16,18H,17H2,1-3H3,(H,29,31,33)/b23-15+. The fourth-order valence-electron chi connectivity index (χ4n) is 3.62. The Morgan fingerprint density at radius 3 is 2.31 bits per heavy atom. The molecular formula is C28H26N2O6. The normalized spacial score (nSPS) is 14.7. The highest BCUT2D eigenvalue weighted by Gasteiger charge is 2.36. The number of nitrogens with zero attached hydrogens (tertiary/aromatic N) is 1. The van der Waals surface area contributed by atoms with Gasteiger partial charge in [0.05, 0.1) is 18.9 Å². The number of amides is 4. The van der Waals surface area contributed by atoms with Crippen LogP contribution in [-0.2, 0) is 16.2 Å². The van der Waals surface area contributed by atoms with Crippen molar-refractivity contribution < 1.29 is 28.6 Å². The summed E-state index contributed by atoms with van der Waals surface area (Å²) in [5.74, 6) is 0.0741. The Balaban J connectivity index is 1.54. The van der Waals surface area contributed by atoms with E-state index in [1.165, 1.54) is 13.2 Å². The maximum atomic E-state index is 13.2. The summed E-state index contributed by atoms with van der Waals surface area (Å²) in [4.78, 5) is 39.2. The van der Waals surface area contributed by atoms with Gasteiger partial charge in [-0.15, -0.1) is 0 Å². The summed E-state index contributed by atoms with van der Waals surface area (Å²) in [7, 11) is 1.51. The first kappa shape index (κ1) is 24.5. The number of nitrogens with one attached hydrogen (secondary N) is 1. The van der Waals surface area contributed by atoms with Crippen molar-refractivity contribution in [1.29, 1.82) is 0 Å². The number of anilines is 1. The third kappa shape index (κ3) is 5.55. The summed E-state index contributed by atoms with van der Waals surface area (Å²) < 4.78 is 16.9. The summed E-state index contributed by atoms with van der Waals surface area (Å²) in [6.07, 6.45) is 1.36. The van der Waals surface area contributed by atoms with Gasteiger partial charge in [0.25, 0.3) is 11.8 Å². The molecule has 8 nitrogen and oxygen atoms in total. The van der Waals surface area contributed by atoms with Gasteiger partial charge in [0.15, 0.2) is 11.5 Å². The molecule has 0 saturated carbocycles. The van der Waals surface area contributed by atoms with E-state index in [-0.39, 0.29) is 11.7 Å². The van der Waals surface area contributed by atoms with Crippen molar-refractivity contribution in [3.8, 4) is 17.2 Å². The van der Waals surface area contributed by atoms with Gasteiger partial charge in [0.1, 0.15) is 17.9 Å². The fraction of sp³-hybridized carbons (Fsp3) is 0.179. The molecule has 1 aliphatic rings. The predicted octanol–water partition coefficient (Wildman–Crippen LogP) is 4.73. The average Bonchev–Trinajstić information content (AvgIpc) is 2.87. The Labute approximate surface area is 209 Å². The largest absolute Gasteiger partial charge is 0.493 e. The summed E-state index contributed by atoms with van der Waals surface area (Å²) in [5.41, 5.74) is 1.68. The molecule has 0 aromatic heterocycles. The number of hydrogen-bond acceptors (Lipinski definition) is 6. The number of benzene rings is 3. The van der Waals surface area contributed by atoms with Crippen LogP contribution in [0.25, 0.3) is 6.08 Å². The van der Waals surface area contributed by atoms with Crippen molar-refractivity contribution in [3.05, 3.63) is 89.5 Å². The van der Waals surface area contributed by atoms with Crippen LogP contribution in [0.15, 0.2) is 78.4 Å². The molecule has 8 heteroatoms. The highest BCUT2D eigenvalue weighted by Crippen LogP contribution is 2.31. The summed E-state index contributed by atoms with van der Waals surface area (Å²) in [5, 5.41) is 2.23. The SMILES string of the molecule is COc1cc(/C=C2\C(=O)NC(=O)N(c3ccc(OCc4ccccc4)cc3)C2=O)ccc1OC(C)C. The Morgan fingerprint density at radius 2 is 1.64 bits per heavy atom. The minimum absolute atomic E-state index is 0.0523. The molecule has 0 aliphatic carbocycles. The molecule has 3 aromatic carbocycles. The second-order valence-corrected chi connectivity index (χ2v) is 8.30. The van der Waals surface area contributed by atoms with Crippen LogP contribution in [0.2, 0.25) is 0 Å². The van der Waals surface area contributed by atoms with E-state index in [0.29, 0.717) is 35.1 Å². The molecule has 1 aliphatic heterocycles. The van der Waals surface area contributed by atoms with Crippen molar-refractivity contribution in [3.63, 3.8) is 0 Å². The first-order valence-corrected chi connectivity index (χ1v) is 11.4. The molecule has 0 spiro atoms. The van der Waals surface area contributed by atoms with Gasteiger partial charge < -0.3 is 14.2 Å². The molecule has 3 aromatic rings. The van der Waals surface area contributed by atoms with Gasteiger partial charge in [-0.1, -0.05) is 36.4 Å². The van der Waals surface area contributed by atoms with Gasteiger partial charge in [-0.05, 0) is 67.4 Å². The second-order valence-electron chi connectivity index (χ2n) is 8.30. The number of methoxy groups -OCH3 is 1. The van der Waals surface area contributed by atoms with Crippen LogP contribution in [-0.4, -0.2) is 31.1 Å². The lowest BCUT2D eigenvalue weighted by Crippen LogP contribution is -2.54. The number of barbiturate groups is 1. The van der Waals surface area contributed by atoms with Crippen molar-refractivity contribution in [2.45, 2.75) is 26.6 Å². The summed E-state index contributed by atoms with van der Waals surface area (Å²) in [6.45, 7) is 4.18. The average molecular weight is 487 g/mol. The van der Waals surface area contributed by atoms with Gasteiger partial charge >= 0.3 is 6.03 Å². The first-order valence-electron chi connectivity index (χ1n) is 11.4. The highest BCUT2D eigenvalue weighted by molar-refractivity contribution is 6.39. The molecule has 1 heterocycles. The van der Waals surface area contributed by atoms with Crippen LogP contribution in [0, 0.1) is 0 Å². The molecule has 0 radical (unpaired) electrons. The van der Waals surface area contributed by atoms with E-state index >= 15 is 0 Å². The number of rotatable bonds is 8. The van der Waals surface area contributed by atoms with E-state index < -0.39 is 17.8 Å². The third-order valence-electron chi connectivity index (χ3n) is 5.31. The lowest BCUT2D eigenvalue weighted by atomic mass is 10.1. The Morgan fingerprint density at radius 1 is 0.917 bits per heavy atom. The van der Waals surface area contributed by atoms with E-state index in [2.05, 4.69) is 5.32 Å². The van der Waals surface area contributed by atoms with E-state index in [1.807, 2.05) is 44.2 Å². The lowest BCUT2D eigenvalue weighted by molar-refractivity contribution is -0.122. The van der Waals surface area contributed by atoms with Crippen LogP contribution < -0.4 is 24.4 Å². The Kier molecular flexibility index (Phi) is 7.34. The maximum absolute atomic E-state index is 13.2. The number of carbonyl (C=O) groups excluding carboxylic acids is 3. The van der Waals surface area contributed by atoms with Crippen molar-refractivity contribution in [2.75, 3.05) is 12.0 Å². The van der Waals surface area contributed by atoms with Gasteiger partial charge in [-0.25, -0.2) is 9.69 Å². The molecular weight excluding hydrogens is 460 g/mol. The number of carbonyl (C=O) groups is 3. The van der Waals surface area contributed by atoms with Crippen molar-refractivity contribution >= 4 is 29.6 Å². The van der Waals surface area contributed by atoms with Crippen molar-refractivity contribution in [2.24, 2.45) is 0 Å². The van der Waals surface area contributed by atoms with E-state index in [1.54, 1.807) is 42.5 Å². The molecule has 1 saturated heterocycles. The fourth-order valence-corrected chi connectivity index (χ4v) is 3.62. The van der Waals surface area contributed by atoms with Crippen LogP contribution in [0.4, 0.5) is 10.5 Å². The summed E-state index contributed by atoms with van der Waals surface area (Å²) >= 11 is 0. The number of hydrogen-bond donors (Lipinski definition) is 1. The summed E-state index contributed by atoms with van der Waals surface area (Å²) in [6, 6.07) is 20.4. The zero-order valence-corrected chi connectivity index (χ0v) is 20.2. The minimum atomic E-state index is -0.821. The smallest absolute Gasteiger partial charge is 0.335 e. The number of urea groups is 1. The van der Waals surface area contributed by atoms with E-state index in [4.69, 9.17) is 14.2 Å². The Bertz CT molecular complexity index is 1300. The highest BCUT2D eigenvalue weighted by atomic mass is 16.5. The molecule has 1 fully saturated rings. The molecule has 36 heavy (non-hydrogen) atoms. The maximum Gasteiger partial charge on any atom is 0.335 e. The molecule has 0 bridgehead atoms. The van der Waals surface area contributed by atoms with Crippen LogP contribution in [0.5, 0.6) is 17.2 Å². The molecule has 0 unspecified atom stereocenters. The second kappa shape index (κ2) is 10.8. The first-order chi connectivity index (χ1) is 17.4. The molecule has 1 N–H and O–H groups in total. The van der Waals surface area contributed by atoms with Crippen LogP contribution in [0.3, 0.4) is 0 Å². The van der Waals surface area contributed by atoms with Crippen LogP contribution >= 0.6 is 0 Å². The minimum Gasteiger partial charge on any atom is -0.493 e. The number of imide groups is 2. The molecule has 184 valence electrons. The topological polar surface area (TPSA) is 94.2 Å². The van der Waals surface area contributed by atoms with Gasteiger partial charge in [-0.2, -0.15) is 0 Å². The quantitative estimate of drug-likeness (QED) is 0.366. The van der Waals surface area contributed by atoms with E-state index in [0.717, 1.165) is 10.5 Å².